The van der Waals surface area contributed by atoms with Gasteiger partial charge in [0.25, 0.3) is 0 Å². The van der Waals surface area contributed by atoms with Crippen molar-refractivity contribution >= 4 is 5.71 Å². The molecule has 0 unspecified atom stereocenters. The zero-order chi connectivity index (χ0) is 9.10. The fraction of sp³-hybridized carbons (Fsp3) is 0.889. The van der Waals surface area contributed by atoms with Crippen LogP contribution in [0.25, 0.3) is 0 Å². The van der Waals surface area contributed by atoms with Crippen LogP contribution in [0.15, 0.2) is 5.16 Å². The van der Waals surface area contributed by atoms with Gasteiger partial charge in [-0.15, -0.1) is 0 Å². The summed E-state index contributed by atoms with van der Waals surface area (Å²) in [6.45, 7) is 3.66. The predicted molar refractivity (Wildman–Crippen MR) is 49.3 cm³/mol. The van der Waals surface area contributed by atoms with Crippen molar-refractivity contribution < 1.29 is 9.94 Å². The maximum atomic E-state index is 8.62. The Kier molecular flexibility index (Phi) is 2.80. The van der Waals surface area contributed by atoms with Gasteiger partial charge < -0.3 is 9.94 Å². The van der Waals surface area contributed by atoms with Gasteiger partial charge >= 0.3 is 0 Å². The average Bonchev–Trinajstić information content (AvgIpc) is 2.67. The van der Waals surface area contributed by atoms with E-state index in [0.717, 1.165) is 51.3 Å². The fourth-order valence-corrected chi connectivity index (χ4v) is 2.11. The minimum absolute atomic E-state index is 0.646. The Morgan fingerprint density at radius 2 is 2.15 bits per heavy atom. The van der Waals surface area contributed by atoms with Crippen LogP contribution in [0.4, 0.5) is 0 Å². The molecular weight excluding hydrogens is 168 g/mol. The second-order valence-corrected chi connectivity index (χ2v) is 3.73. The van der Waals surface area contributed by atoms with Crippen molar-refractivity contribution in [1.82, 2.24) is 4.90 Å². The number of hydrogen-bond donors (Lipinski definition) is 1. The van der Waals surface area contributed by atoms with Crippen molar-refractivity contribution in [3.63, 3.8) is 0 Å². The van der Waals surface area contributed by atoms with Gasteiger partial charge in [0, 0.05) is 38.8 Å². The summed E-state index contributed by atoms with van der Waals surface area (Å²) in [5.41, 5.74) is 0.923. The molecule has 4 heteroatoms. The minimum atomic E-state index is 0.646. The Bertz CT molecular complexity index is 200. The van der Waals surface area contributed by atoms with Crippen LogP contribution in [0.5, 0.6) is 0 Å². The molecule has 0 aliphatic carbocycles. The van der Waals surface area contributed by atoms with Gasteiger partial charge in [-0.1, -0.05) is 5.16 Å². The van der Waals surface area contributed by atoms with Gasteiger partial charge in [-0.05, 0) is 12.8 Å². The van der Waals surface area contributed by atoms with Crippen molar-refractivity contribution in [2.24, 2.45) is 5.16 Å². The van der Waals surface area contributed by atoms with E-state index in [1.165, 1.54) is 0 Å². The predicted octanol–water partition coefficient (Wildman–Crippen LogP) is 0.701. The first-order valence-electron chi connectivity index (χ1n) is 4.92. The lowest BCUT2D eigenvalue weighted by molar-refractivity contribution is 0.0437. The molecular formula is C9H16N2O2. The van der Waals surface area contributed by atoms with Crippen LogP contribution in [0.2, 0.25) is 0 Å². The lowest BCUT2D eigenvalue weighted by Gasteiger charge is -2.30. The normalized spacial score (nSPS) is 30.0. The summed E-state index contributed by atoms with van der Waals surface area (Å²) in [6.07, 6.45) is 3.17. The van der Waals surface area contributed by atoms with E-state index in [1.54, 1.807) is 0 Å². The number of oxime groups is 1. The lowest BCUT2D eigenvalue weighted by Crippen LogP contribution is -2.37. The smallest absolute Gasteiger partial charge is 0.0723 e. The Morgan fingerprint density at radius 1 is 1.38 bits per heavy atom. The average molecular weight is 184 g/mol. The molecule has 0 amide bonds. The molecule has 0 aromatic carbocycles. The van der Waals surface area contributed by atoms with E-state index in [1.807, 2.05) is 0 Å². The fourth-order valence-electron chi connectivity index (χ4n) is 2.11. The van der Waals surface area contributed by atoms with Gasteiger partial charge in [0.2, 0.25) is 0 Å². The summed E-state index contributed by atoms with van der Waals surface area (Å²) in [5, 5.41) is 11.9. The van der Waals surface area contributed by atoms with Crippen LogP contribution in [0, 0.1) is 0 Å². The summed E-state index contributed by atoms with van der Waals surface area (Å²) in [6, 6.07) is 0.646. The first kappa shape index (κ1) is 8.97. The maximum absolute atomic E-state index is 8.62. The first-order valence-corrected chi connectivity index (χ1v) is 4.92. The molecule has 0 aromatic rings. The molecule has 0 saturated carbocycles. The molecule has 0 spiro atoms. The Hall–Kier alpha value is -0.610. The molecule has 2 aliphatic rings. The molecule has 2 heterocycles. The van der Waals surface area contributed by atoms with Gasteiger partial charge in [-0.3, -0.25) is 4.90 Å². The number of rotatable bonds is 1. The summed E-state index contributed by atoms with van der Waals surface area (Å²) in [7, 11) is 0. The van der Waals surface area contributed by atoms with Crippen molar-refractivity contribution in [3.8, 4) is 0 Å². The van der Waals surface area contributed by atoms with Gasteiger partial charge in [0.1, 0.15) is 0 Å². The van der Waals surface area contributed by atoms with E-state index in [9.17, 15) is 0 Å². The van der Waals surface area contributed by atoms with E-state index in [4.69, 9.17) is 9.94 Å². The van der Waals surface area contributed by atoms with E-state index in [0.29, 0.717) is 6.04 Å². The molecule has 74 valence electrons. The van der Waals surface area contributed by atoms with Crippen molar-refractivity contribution in [3.05, 3.63) is 0 Å². The molecule has 0 aromatic heterocycles. The third-order valence-corrected chi connectivity index (χ3v) is 2.92. The summed E-state index contributed by atoms with van der Waals surface area (Å²) < 4.78 is 5.31. The number of ether oxygens (including phenoxy) is 1. The zero-order valence-corrected chi connectivity index (χ0v) is 7.78. The lowest BCUT2D eigenvalue weighted by atomic mass is 10.1. The van der Waals surface area contributed by atoms with Crippen LogP contribution in [-0.2, 0) is 4.74 Å². The van der Waals surface area contributed by atoms with Crippen LogP contribution >= 0.6 is 0 Å². The van der Waals surface area contributed by atoms with Gasteiger partial charge in [-0.25, -0.2) is 0 Å². The van der Waals surface area contributed by atoms with E-state index < -0.39 is 0 Å². The van der Waals surface area contributed by atoms with Crippen molar-refractivity contribution in [1.29, 1.82) is 0 Å². The molecule has 2 aliphatic heterocycles. The maximum Gasteiger partial charge on any atom is 0.0723 e. The molecule has 2 rings (SSSR count). The summed E-state index contributed by atoms with van der Waals surface area (Å²) in [5.74, 6) is 0. The van der Waals surface area contributed by atoms with E-state index in [2.05, 4.69) is 10.1 Å². The van der Waals surface area contributed by atoms with Crippen molar-refractivity contribution in [2.75, 3.05) is 26.3 Å². The topological polar surface area (TPSA) is 45.1 Å². The van der Waals surface area contributed by atoms with Crippen LogP contribution in [0.3, 0.4) is 0 Å². The molecule has 0 radical (unpaired) electrons. The Labute approximate surface area is 78.2 Å². The third-order valence-electron chi connectivity index (χ3n) is 2.92. The monoisotopic (exact) mass is 184 g/mol. The van der Waals surface area contributed by atoms with Gasteiger partial charge in [-0.2, -0.15) is 0 Å². The highest BCUT2D eigenvalue weighted by atomic mass is 16.5. The van der Waals surface area contributed by atoms with Gasteiger partial charge in [0.15, 0.2) is 0 Å². The molecule has 0 atom stereocenters. The van der Waals surface area contributed by atoms with Crippen LogP contribution in [-0.4, -0.2) is 48.2 Å². The Morgan fingerprint density at radius 3 is 2.77 bits per heavy atom. The summed E-state index contributed by atoms with van der Waals surface area (Å²) >= 11 is 0. The van der Waals surface area contributed by atoms with Gasteiger partial charge in [0.05, 0.1) is 5.71 Å². The highest BCUT2D eigenvalue weighted by molar-refractivity contribution is 5.87. The van der Waals surface area contributed by atoms with Crippen LogP contribution in [0.1, 0.15) is 19.3 Å². The standard InChI is InChI=1S/C9H16N2O2/c12-10-8-1-4-11(7-8)9-2-5-13-6-3-9/h9,12H,1-7H2/b10-8+. The third kappa shape index (κ3) is 2.00. The number of hydrogen-bond acceptors (Lipinski definition) is 4. The number of likely N-dealkylation sites (tertiary alicyclic amines) is 1. The SMILES string of the molecule is O/N=C1\CCN(C2CCOCC2)C1. The largest absolute Gasteiger partial charge is 0.411 e. The molecule has 2 fully saturated rings. The number of nitrogens with zero attached hydrogens (tertiary/aromatic N) is 2. The van der Waals surface area contributed by atoms with E-state index in [-0.39, 0.29) is 0 Å². The Balaban J connectivity index is 1.87. The van der Waals surface area contributed by atoms with Crippen molar-refractivity contribution in [2.45, 2.75) is 25.3 Å². The molecule has 2 saturated heterocycles. The highest BCUT2D eigenvalue weighted by Gasteiger charge is 2.26. The quantitative estimate of drug-likeness (QED) is 0.482. The highest BCUT2D eigenvalue weighted by Crippen LogP contribution is 2.18. The molecule has 1 N–H and O–H groups in total. The van der Waals surface area contributed by atoms with Crippen LogP contribution < -0.4 is 0 Å². The van der Waals surface area contributed by atoms with E-state index >= 15 is 0 Å². The minimum Gasteiger partial charge on any atom is -0.411 e. The molecule has 0 bridgehead atoms. The first-order chi connectivity index (χ1) is 6.40. The molecule has 4 nitrogen and oxygen atoms in total. The zero-order valence-electron chi connectivity index (χ0n) is 7.78. The summed E-state index contributed by atoms with van der Waals surface area (Å²) in [4.78, 5) is 2.40. The second kappa shape index (κ2) is 4.07. The second-order valence-electron chi connectivity index (χ2n) is 3.73. The molecule has 13 heavy (non-hydrogen) atoms.